The van der Waals surface area contributed by atoms with Crippen LogP contribution in [0.2, 0.25) is 0 Å². The Morgan fingerprint density at radius 2 is 1.53 bits per heavy atom. The van der Waals surface area contributed by atoms with Crippen LogP contribution in [0.3, 0.4) is 0 Å². The Hall–Kier alpha value is -0.200. The highest BCUT2D eigenvalue weighted by atomic mass is 16.9. The Labute approximate surface area is 89.7 Å². The zero-order valence-corrected chi connectivity index (χ0v) is 9.12. The van der Waals surface area contributed by atoms with E-state index in [2.05, 4.69) is 17.1 Å². The molecule has 0 unspecified atom stereocenters. The van der Waals surface area contributed by atoms with Crippen molar-refractivity contribution in [2.24, 2.45) is 5.41 Å². The Morgan fingerprint density at radius 3 is 2.07 bits per heavy atom. The van der Waals surface area contributed by atoms with E-state index < -0.39 is 6.10 Å². The largest absolute Gasteiger partial charge is 0.353 e. The van der Waals surface area contributed by atoms with Crippen molar-refractivity contribution in [1.29, 1.82) is 0 Å². The SMILES string of the molecule is CC12COC(N3CCNCC3)(OC1)OC2. The van der Waals surface area contributed by atoms with E-state index in [4.69, 9.17) is 14.2 Å². The van der Waals surface area contributed by atoms with Crippen LogP contribution < -0.4 is 5.32 Å². The zero-order valence-electron chi connectivity index (χ0n) is 9.12. The molecule has 86 valence electrons. The fourth-order valence-corrected chi connectivity index (χ4v) is 2.26. The van der Waals surface area contributed by atoms with Gasteiger partial charge in [-0.1, -0.05) is 6.92 Å². The first-order chi connectivity index (χ1) is 7.23. The van der Waals surface area contributed by atoms with E-state index >= 15 is 0 Å². The maximum Gasteiger partial charge on any atom is 0.353 e. The molecule has 4 aliphatic rings. The van der Waals surface area contributed by atoms with E-state index in [1.54, 1.807) is 0 Å². The standard InChI is InChI=1S/C10H18N2O3/c1-9-6-13-10(14-7-9,15-8-9)12-4-2-11-3-5-12/h11H,2-8H2,1H3. The van der Waals surface area contributed by atoms with Gasteiger partial charge >= 0.3 is 6.10 Å². The second kappa shape index (κ2) is 3.40. The van der Waals surface area contributed by atoms with E-state index in [1.165, 1.54) is 0 Å². The lowest BCUT2D eigenvalue weighted by Gasteiger charge is -2.54. The van der Waals surface area contributed by atoms with Gasteiger partial charge in [-0.05, 0) is 0 Å². The average Bonchev–Trinajstić information content (AvgIpc) is 2.32. The summed E-state index contributed by atoms with van der Waals surface area (Å²) in [6.45, 7) is 8.09. The van der Waals surface area contributed by atoms with Crippen molar-refractivity contribution in [2.45, 2.75) is 13.0 Å². The summed E-state index contributed by atoms with van der Waals surface area (Å²) in [5.41, 5.74) is 0.0514. The van der Waals surface area contributed by atoms with Gasteiger partial charge in [-0.2, -0.15) is 0 Å². The lowest BCUT2D eigenvalue weighted by atomic mass is 9.92. The van der Waals surface area contributed by atoms with Crippen LogP contribution in [0.4, 0.5) is 0 Å². The third-order valence-electron chi connectivity index (χ3n) is 3.31. The van der Waals surface area contributed by atoms with Crippen molar-refractivity contribution >= 4 is 0 Å². The number of ether oxygens (including phenoxy) is 3. The molecule has 1 N–H and O–H groups in total. The van der Waals surface area contributed by atoms with Crippen LogP contribution in [-0.4, -0.2) is 57.0 Å². The Bertz CT molecular complexity index is 229. The number of rotatable bonds is 1. The van der Waals surface area contributed by atoms with Crippen LogP contribution in [0.1, 0.15) is 6.92 Å². The lowest BCUT2D eigenvalue weighted by molar-refractivity contribution is -0.517. The summed E-state index contributed by atoms with van der Waals surface area (Å²) in [6, 6.07) is 0. The molecule has 0 amide bonds. The van der Waals surface area contributed by atoms with Crippen LogP contribution >= 0.6 is 0 Å². The molecule has 0 spiro atoms. The van der Waals surface area contributed by atoms with Gasteiger partial charge in [-0.15, -0.1) is 0 Å². The average molecular weight is 214 g/mol. The third kappa shape index (κ3) is 1.59. The fourth-order valence-electron chi connectivity index (χ4n) is 2.26. The minimum absolute atomic E-state index is 0.0514. The van der Waals surface area contributed by atoms with Gasteiger partial charge in [0.15, 0.2) is 0 Å². The Kier molecular flexibility index (Phi) is 2.26. The van der Waals surface area contributed by atoms with Crippen molar-refractivity contribution in [3.8, 4) is 0 Å². The van der Waals surface area contributed by atoms with Crippen LogP contribution in [0.5, 0.6) is 0 Å². The summed E-state index contributed by atoms with van der Waals surface area (Å²) in [5.74, 6) is 0. The highest BCUT2D eigenvalue weighted by Gasteiger charge is 2.54. The van der Waals surface area contributed by atoms with E-state index in [0.717, 1.165) is 46.0 Å². The molecule has 0 aromatic rings. The topological polar surface area (TPSA) is 43.0 Å². The number of nitrogens with one attached hydrogen (secondary N) is 1. The van der Waals surface area contributed by atoms with Gasteiger partial charge < -0.3 is 19.5 Å². The maximum absolute atomic E-state index is 5.76. The van der Waals surface area contributed by atoms with Gasteiger partial charge in [0.25, 0.3) is 0 Å². The quantitative estimate of drug-likeness (QED) is 0.642. The number of fused-ring (bicyclic) bond motifs is 3. The molecular formula is C10H18N2O3. The fraction of sp³-hybridized carbons (Fsp3) is 1.00. The molecule has 4 saturated heterocycles. The Morgan fingerprint density at radius 1 is 1.00 bits per heavy atom. The van der Waals surface area contributed by atoms with Crippen molar-refractivity contribution in [3.05, 3.63) is 0 Å². The second-order valence-corrected chi connectivity index (χ2v) is 4.94. The first-order valence-electron chi connectivity index (χ1n) is 5.60. The van der Waals surface area contributed by atoms with Gasteiger partial charge in [0.2, 0.25) is 0 Å². The number of nitrogens with zero attached hydrogens (tertiary/aromatic N) is 1. The first kappa shape index (κ1) is 9.99. The van der Waals surface area contributed by atoms with Crippen LogP contribution in [0.15, 0.2) is 0 Å². The normalized spacial score (nSPS) is 47.0. The predicted molar refractivity (Wildman–Crippen MR) is 53.1 cm³/mol. The second-order valence-electron chi connectivity index (χ2n) is 4.94. The summed E-state index contributed by atoms with van der Waals surface area (Å²) >= 11 is 0. The summed E-state index contributed by atoms with van der Waals surface area (Å²) in [6.07, 6.45) is -0.875. The van der Waals surface area contributed by atoms with Gasteiger partial charge in [-0.25, -0.2) is 4.90 Å². The van der Waals surface area contributed by atoms with E-state index in [0.29, 0.717) is 0 Å². The molecule has 15 heavy (non-hydrogen) atoms. The van der Waals surface area contributed by atoms with Crippen LogP contribution in [-0.2, 0) is 14.2 Å². The number of piperazine rings is 1. The summed E-state index contributed by atoms with van der Waals surface area (Å²) in [5, 5.41) is 3.31. The summed E-state index contributed by atoms with van der Waals surface area (Å²) in [7, 11) is 0. The highest BCUT2D eigenvalue weighted by molar-refractivity contribution is 4.86. The van der Waals surface area contributed by atoms with E-state index in [-0.39, 0.29) is 5.41 Å². The van der Waals surface area contributed by atoms with Crippen molar-refractivity contribution in [1.82, 2.24) is 10.2 Å². The predicted octanol–water partition coefficient (Wildman–Crippen LogP) is -0.414. The molecule has 5 nitrogen and oxygen atoms in total. The zero-order chi connectivity index (χ0) is 10.4. The van der Waals surface area contributed by atoms with Crippen molar-refractivity contribution in [3.63, 3.8) is 0 Å². The molecule has 0 saturated carbocycles. The minimum Gasteiger partial charge on any atom is -0.314 e. The monoisotopic (exact) mass is 214 g/mol. The molecule has 4 rings (SSSR count). The number of hydrogen-bond donors (Lipinski definition) is 1. The summed E-state index contributed by atoms with van der Waals surface area (Å²) in [4.78, 5) is 2.14. The molecule has 2 bridgehead atoms. The van der Waals surface area contributed by atoms with E-state index in [1.807, 2.05) is 0 Å². The number of hydrogen-bond acceptors (Lipinski definition) is 5. The molecule has 5 heteroatoms. The van der Waals surface area contributed by atoms with Crippen molar-refractivity contribution in [2.75, 3.05) is 46.0 Å². The van der Waals surface area contributed by atoms with Gasteiger partial charge in [0.1, 0.15) is 0 Å². The molecule has 4 heterocycles. The van der Waals surface area contributed by atoms with Crippen LogP contribution in [0.25, 0.3) is 0 Å². The molecule has 4 aliphatic heterocycles. The molecule has 0 aliphatic carbocycles. The first-order valence-corrected chi connectivity index (χ1v) is 5.60. The Balaban J connectivity index is 1.74. The minimum atomic E-state index is -0.875. The van der Waals surface area contributed by atoms with Gasteiger partial charge in [0.05, 0.1) is 19.8 Å². The van der Waals surface area contributed by atoms with Crippen molar-refractivity contribution < 1.29 is 14.2 Å². The maximum atomic E-state index is 5.76. The van der Waals surface area contributed by atoms with Gasteiger partial charge in [-0.3, -0.25) is 0 Å². The third-order valence-corrected chi connectivity index (χ3v) is 3.31. The lowest BCUT2D eigenvalue weighted by Crippen LogP contribution is -2.68. The van der Waals surface area contributed by atoms with Gasteiger partial charge in [0, 0.05) is 31.6 Å². The molecule has 0 radical (unpaired) electrons. The molecule has 0 aromatic carbocycles. The smallest absolute Gasteiger partial charge is 0.314 e. The van der Waals surface area contributed by atoms with Crippen LogP contribution in [0, 0.1) is 5.41 Å². The molecule has 4 fully saturated rings. The summed E-state index contributed by atoms with van der Waals surface area (Å²) < 4.78 is 17.3. The highest BCUT2D eigenvalue weighted by Crippen LogP contribution is 2.39. The molecule has 0 aromatic heterocycles. The van der Waals surface area contributed by atoms with E-state index in [9.17, 15) is 0 Å². The molecule has 0 atom stereocenters. The molecular weight excluding hydrogens is 196 g/mol.